The highest BCUT2D eigenvalue weighted by molar-refractivity contribution is 5.50. The molecule has 2 aromatic heterocycles. The molecule has 2 rings (SSSR count). The maximum Gasteiger partial charge on any atom is 0.123 e. The zero-order valence-corrected chi connectivity index (χ0v) is 9.73. The molecule has 0 saturated carbocycles. The van der Waals surface area contributed by atoms with E-state index in [1.165, 1.54) is 0 Å². The predicted octanol–water partition coefficient (Wildman–Crippen LogP) is 1.24. The lowest BCUT2D eigenvalue weighted by Crippen LogP contribution is -2.33. The molecule has 2 aromatic rings. The van der Waals surface area contributed by atoms with Crippen LogP contribution in [0.15, 0.2) is 18.6 Å². The average Bonchev–Trinajstić information content (AvgIpc) is 2.42. The van der Waals surface area contributed by atoms with E-state index in [1.54, 1.807) is 6.20 Å². The fourth-order valence-corrected chi connectivity index (χ4v) is 1.73. The van der Waals surface area contributed by atoms with Gasteiger partial charge in [0.25, 0.3) is 0 Å². The number of quaternary nitrogens is 1. The van der Waals surface area contributed by atoms with Crippen LogP contribution < -0.4 is 0 Å². The molecule has 2 heterocycles. The molecule has 15 heavy (non-hydrogen) atoms. The zero-order valence-electron chi connectivity index (χ0n) is 9.73. The summed E-state index contributed by atoms with van der Waals surface area (Å²) in [5.41, 5.74) is 2.23. The molecule has 0 atom stereocenters. The van der Waals surface area contributed by atoms with Crippen molar-refractivity contribution >= 4 is 5.52 Å². The van der Waals surface area contributed by atoms with Gasteiger partial charge in [-0.3, -0.25) is 4.98 Å². The number of hydrogen-bond donors (Lipinski definition) is 0. The third kappa shape index (κ3) is 1.99. The van der Waals surface area contributed by atoms with Gasteiger partial charge in [0, 0.05) is 12.4 Å². The number of aromatic nitrogens is 3. The molecular formula is C11H17N4+. The van der Waals surface area contributed by atoms with Gasteiger partial charge < -0.3 is 8.88 Å². The van der Waals surface area contributed by atoms with Crippen LogP contribution in [0.4, 0.5) is 0 Å². The first kappa shape index (κ1) is 10.1. The van der Waals surface area contributed by atoms with E-state index in [9.17, 15) is 0 Å². The molecule has 0 unspecified atom stereocenters. The van der Waals surface area contributed by atoms with Gasteiger partial charge in [-0.2, -0.15) is 0 Å². The summed E-state index contributed by atoms with van der Waals surface area (Å²) < 4.78 is 2.96. The standard InChI is InChI=1S/C11H17N4/c1-9-13-10(8-15(2,3)4)11-7-12-5-6-14(9)11/h5-7H,8H2,1-4H3/q+1. The lowest BCUT2D eigenvalue weighted by molar-refractivity contribution is -0.884. The van der Waals surface area contributed by atoms with Crippen molar-refractivity contribution in [2.45, 2.75) is 13.5 Å². The van der Waals surface area contributed by atoms with E-state index in [0.717, 1.165) is 28.1 Å². The minimum atomic E-state index is 0.876. The summed E-state index contributed by atoms with van der Waals surface area (Å²) in [7, 11) is 6.49. The third-order valence-electron chi connectivity index (χ3n) is 2.32. The second-order valence-electron chi connectivity index (χ2n) is 4.89. The molecule has 0 N–H and O–H groups in total. The molecule has 0 radical (unpaired) electrons. The monoisotopic (exact) mass is 205 g/mol. The van der Waals surface area contributed by atoms with Crippen molar-refractivity contribution in [2.75, 3.05) is 21.1 Å². The number of nitrogens with zero attached hydrogens (tertiary/aromatic N) is 4. The van der Waals surface area contributed by atoms with E-state index >= 15 is 0 Å². The quantitative estimate of drug-likeness (QED) is 0.691. The van der Waals surface area contributed by atoms with E-state index in [4.69, 9.17) is 0 Å². The lowest BCUT2D eigenvalue weighted by atomic mass is 10.3. The first-order valence-electron chi connectivity index (χ1n) is 5.05. The Balaban J connectivity index is 2.53. The largest absolute Gasteiger partial charge is 0.326 e. The second-order valence-corrected chi connectivity index (χ2v) is 4.89. The summed E-state index contributed by atoms with van der Waals surface area (Å²) in [6, 6.07) is 0. The van der Waals surface area contributed by atoms with Gasteiger partial charge in [0.2, 0.25) is 0 Å². The van der Waals surface area contributed by atoms with Crippen LogP contribution in [0.2, 0.25) is 0 Å². The van der Waals surface area contributed by atoms with E-state index in [1.807, 2.05) is 19.3 Å². The Morgan fingerprint density at radius 2 is 2.07 bits per heavy atom. The van der Waals surface area contributed by atoms with Crippen LogP contribution in [0.3, 0.4) is 0 Å². The molecular weight excluding hydrogens is 188 g/mol. The average molecular weight is 205 g/mol. The summed E-state index contributed by atoms with van der Waals surface area (Å²) in [4.78, 5) is 8.73. The smallest absolute Gasteiger partial charge is 0.123 e. The molecule has 0 saturated heterocycles. The van der Waals surface area contributed by atoms with Crippen LogP contribution in [0.25, 0.3) is 5.52 Å². The molecule has 0 fully saturated rings. The van der Waals surface area contributed by atoms with Gasteiger partial charge >= 0.3 is 0 Å². The Kier molecular flexibility index (Phi) is 2.23. The Morgan fingerprint density at radius 3 is 2.73 bits per heavy atom. The maximum absolute atomic E-state index is 4.58. The molecule has 0 aromatic carbocycles. The number of aryl methyl sites for hydroxylation is 1. The van der Waals surface area contributed by atoms with Crippen molar-refractivity contribution < 1.29 is 4.48 Å². The predicted molar refractivity (Wildman–Crippen MR) is 59.5 cm³/mol. The molecule has 0 aliphatic heterocycles. The fourth-order valence-electron chi connectivity index (χ4n) is 1.73. The first-order valence-corrected chi connectivity index (χ1v) is 5.05. The molecule has 0 aliphatic carbocycles. The van der Waals surface area contributed by atoms with Gasteiger partial charge in [-0.25, -0.2) is 4.98 Å². The van der Waals surface area contributed by atoms with Crippen molar-refractivity contribution in [3.05, 3.63) is 30.1 Å². The van der Waals surface area contributed by atoms with Gasteiger partial charge in [-0.05, 0) is 6.92 Å². The van der Waals surface area contributed by atoms with Gasteiger partial charge in [-0.1, -0.05) is 0 Å². The Hall–Kier alpha value is -1.42. The summed E-state index contributed by atoms with van der Waals surface area (Å²) in [5.74, 6) is 1.02. The molecule has 0 bridgehead atoms. The molecule has 0 aliphatic rings. The van der Waals surface area contributed by atoms with Crippen LogP contribution in [-0.4, -0.2) is 40.0 Å². The minimum Gasteiger partial charge on any atom is -0.326 e. The fraction of sp³-hybridized carbons (Fsp3) is 0.455. The SMILES string of the molecule is Cc1nc(C[N+](C)(C)C)c2cnccn12. The van der Waals surface area contributed by atoms with Crippen molar-refractivity contribution in [3.63, 3.8) is 0 Å². The maximum atomic E-state index is 4.58. The lowest BCUT2D eigenvalue weighted by Gasteiger charge is -2.22. The highest BCUT2D eigenvalue weighted by Gasteiger charge is 2.15. The summed E-state index contributed by atoms with van der Waals surface area (Å²) >= 11 is 0. The van der Waals surface area contributed by atoms with Crippen LogP contribution >= 0.6 is 0 Å². The Labute approximate surface area is 89.8 Å². The van der Waals surface area contributed by atoms with E-state index in [0.29, 0.717) is 0 Å². The molecule has 0 spiro atoms. The number of fused-ring (bicyclic) bond motifs is 1. The summed E-state index contributed by atoms with van der Waals surface area (Å²) in [5, 5.41) is 0. The van der Waals surface area contributed by atoms with Crippen molar-refractivity contribution in [1.82, 2.24) is 14.4 Å². The molecule has 4 heteroatoms. The van der Waals surface area contributed by atoms with Crippen LogP contribution in [0.1, 0.15) is 11.5 Å². The third-order valence-corrected chi connectivity index (χ3v) is 2.32. The zero-order chi connectivity index (χ0) is 11.1. The van der Waals surface area contributed by atoms with Crippen molar-refractivity contribution in [3.8, 4) is 0 Å². The summed E-state index contributed by atoms with van der Waals surface area (Å²) in [6.07, 6.45) is 5.62. The van der Waals surface area contributed by atoms with Crippen molar-refractivity contribution in [1.29, 1.82) is 0 Å². The van der Waals surface area contributed by atoms with Crippen LogP contribution in [0, 0.1) is 6.92 Å². The van der Waals surface area contributed by atoms with E-state index in [-0.39, 0.29) is 0 Å². The molecule has 0 amide bonds. The molecule has 4 nitrogen and oxygen atoms in total. The Bertz CT molecular complexity index is 479. The van der Waals surface area contributed by atoms with Gasteiger partial charge in [0.05, 0.1) is 32.9 Å². The van der Waals surface area contributed by atoms with E-state index in [2.05, 4.69) is 35.5 Å². The number of rotatable bonds is 2. The van der Waals surface area contributed by atoms with Gasteiger partial charge in [0.1, 0.15) is 18.1 Å². The van der Waals surface area contributed by atoms with Gasteiger partial charge in [0.15, 0.2) is 0 Å². The Morgan fingerprint density at radius 1 is 1.33 bits per heavy atom. The highest BCUT2D eigenvalue weighted by Crippen LogP contribution is 2.14. The number of hydrogen-bond acceptors (Lipinski definition) is 2. The summed E-state index contributed by atoms with van der Waals surface area (Å²) in [6.45, 7) is 2.94. The van der Waals surface area contributed by atoms with Gasteiger partial charge in [-0.15, -0.1) is 0 Å². The van der Waals surface area contributed by atoms with Crippen molar-refractivity contribution in [2.24, 2.45) is 0 Å². The van der Waals surface area contributed by atoms with Crippen LogP contribution in [0.5, 0.6) is 0 Å². The highest BCUT2D eigenvalue weighted by atomic mass is 15.3. The first-order chi connectivity index (χ1) is 6.97. The normalized spacial score (nSPS) is 12.3. The van der Waals surface area contributed by atoms with Crippen LogP contribution in [-0.2, 0) is 6.54 Å². The minimum absolute atomic E-state index is 0.876. The second kappa shape index (κ2) is 3.31. The van der Waals surface area contributed by atoms with E-state index < -0.39 is 0 Å². The molecule has 80 valence electrons. The number of imidazole rings is 1. The topological polar surface area (TPSA) is 30.2 Å².